The number of ether oxygens (including phenoxy) is 2. The number of benzene rings is 1. The van der Waals surface area contributed by atoms with Gasteiger partial charge in [-0.3, -0.25) is 0 Å². The third-order valence-electron chi connectivity index (χ3n) is 2.34. The van der Waals surface area contributed by atoms with Gasteiger partial charge >= 0.3 is 0 Å². The molecule has 3 heteroatoms. The molecule has 1 atom stereocenters. The molecule has 0 aliphatic carbocycles. The van der Waals surface area contributed by atoms with Crippen molar-refractivity contribution < 1.29 is 9.47 Å². The van der Waals surface area contributed by atoms with E-state index < -0.39 is 6.29 Å². The van der Waals surface area contributed by atoms with E-state index in [0.717, 1.165) is 11.1 Å². The van der Waals surface area contributed by atoms with Gasteiger partial charge in [0.2, 0.25) is 0 Å². The zero-order chi connectivity index (χ0) is 11.3. The van der Waals surface area contributed by atoms with Crippen molar-refractivity contribution in [1.29, 1.82) is 5.26 Å². The summed E-state index contributed by atoms with van der Waals surface area (Å²) in [5.74, 6) is -0.158. The van der Waals surface area contributed by atoms with Crippen LogP contribution in [0, 0.1) is 11.3 Å². The molecule has 0 radical (unpaired) electrons. The van der Waals surface area contributed by atoms with E-state index in [1.54, 1.807) is 14.2 Å². The summed E-state index contributed by atoms with van der Waals surface area (Å²) >= 11 is 0. The van der Waals surface area contributed by atoms with E-state index in [4.69, 9.17) is 14.7 Å². The van der Waals surface area contributed by atoms with Crippen molar-refractivity contribution in [2.24, 2.45) is 0 Å². The van der Waals surface area contributed by atoms with Crippen LogP contribution in [0.25, 0.3) is 0 Å². The van der Waals surface area contributed by atoms with Crippen LogP contribution in [0.4, 0.5) is 0 Å². The maximum atomic E-state index is 8.91. The normalized spacial score (nSPS) is 12.5. The summed E-state index contributed by atoms with van der Waals surface area (Å²) < 4.78 is 10.4. The second-order valence-corrected chi connectivity index (χ2v) is 3.28. The number of hydrogen-bond donors (Lipinski definition) is 0. The van der Waals surface area contributed by atoms with Crippen LogP contribution in [-0.2, 0) is 9.47 Å². The van der Waals surface area contributed by atoms with Crippen molar-refractivity contribution in [3.8, 4) is 6.07 Å². The van der Waals surface area contributed by atoms with Gasteiger partial charge in [0.25, 0.3) is 0 Å². The average molecular weight is 205 g/mol. The summed E-state index contributed by atoms with van der Waals surface area (Å²) in [4.78, 5) is 0. The van der Waals surface area contributed by atoms with Crippen LogP contribution in [0.5, 0.6) is 0 Å². The Morgan fingerprint density at radius 3 is 2.13 bits per heavy atom. The quantitative estimate of drug-likeness (QED) is 0.709. The molecule has 80 valence electrons. The molecule has 0 heterocycles. The van der Waals surface area contributed by atoms with Gasteiger partial charge in [-0.15, -0.1) is 0 Å². The lowest BCUT2D eigenvalue weighted by Gasteiger charge is -2.18. The number of methoxy groups -OCH3 is 2. The van der Waals surface area contributed by atoms with Gasteiger partial charge in [0.1, 0.15) is 0 Å². The number of nitrogens with zero attached hydrogens (tertiary/aromatic N) is 1. The van der Waals surface area contributed by atoms with Gasteiger partial charge < -0.3 is 9.47 Å². The molecule has 0 fully saturated rings. The summed E-state index contributed by atoms with van der Waals surface area (Å²) in [6, 6.07) is 9.88. The Bertz CT molecular complexity index is 353. The SMILES string of the molecule is COC(OC)c1ccccc1C(C)C#N. The largest absolute Gasteiger partial charge is 0.352 e. The van der Waals surface area contributed by atoms with E-state index >= 15 is 0 Å². The van der Waals surface area contributed by atoms with Gasteiger partial charge in [-0.2, -0.15) is 5.26 Å². The second kappa shape index (κ2) is 5.50. The lowest BCUT2D eigenvalue weighted by Crippen LogP contribution is -2.08. The first-order chi connectivity index (χ1) is 7.24. The highest BCUT2D eigenvalue weighted by molar-refractivity contribution is 5.34. The van der Waals surface area contributed by atoms with Crippen LogP contribution in [0.2, 0.25) is 0 Å². The van der Waals surface area contributed by atoms with E-state index in [1.165, 1.54) is 0 Å². The van der Waals surface area contributed by atoms with Gasteiger partial charge in [0.05, 0.1) is 12.0 Å². The van der Waals surface area contributed by atoms with Crippen LogP contribution < -0.4 is 0 Å². The highest BCUT2D eigenvalue weighted by atomic mass is 16.7. The van der Waals surface area contributed by atoms with Crippen LogP contribution >= 0.6 is 0 Å². The number of rotatable bonds is 4. The van der Waals surface area contributed by atoms with E-state index in [2.05, 4.69) is 6.07 Å². The molecule has 15 heavy (non-hydrogen) atoms. The maximum Gasteiger partial charge on any atom is 0.183 e. The summed E-state index contributed by atoms with van der Waals surface area (Å²) in [6.45, 7) is 1.86. The lowest BCUT2D eigenvalue weighted by atomic mass is 9.96. The predicted molar refractivity (Wildman–Crippen MR) is 57.2 cm³/mol. The molecular weight excluding hydrogens is 190 g/mol. The fraction of sp³-hybridized carbons (Fsp3) is 0.417. The smallest absolute Gasteiger partial charge is 0.183 e. The molecule has 1 aromatic carbocycles. The molecule has 3 nitrogen and oxygen atoms in total. The topological polar surface area (TPSA) is 42.2 Å². The summed E-state index contributed by atoms with van der Waals surface area (Å²) in [6.07, 6.45) is -0.406. The monoisotopic (exact) mass is 205 g/mol. The molecule has 0 aromatic heterocycles. The molecule has 1 unspecified atom stereocenters. The molecule has 0 N–H and O–H groups in total. The van der Waals surface area contributed by atoms with Gasteiger partial charge in [0.15, 0.2) is 6.29 Å². The minimum atomic E-state index is -0.406. The Morgan fingerprint density at radius 1 is 1.13 bits per heavy atom. The fourth-order valence-electron chi connectivity index (χ4n) is 1.54. The molecule has 1 rings (SSSR count). The van der Waals surface area contributed by atoms with Crippen molar-refractivity contribution in [3.05, 3.63) is 35.4 Å². The van der Waals surface area contributed by atoms with Crippen LogP contribution in [0.3, 0.4) is 0 Å². The van der Waals surface area contributed by atoms with Crippen molar-refractivity contribution in [1.82, 2.24) is 0 Å². The Labute approximate surface area is 90.2 Å². The van der Waals surface area contributed by atoms with E-state index in [0.29, 0.717) is 0 Å². The summed E-state index contributed by atoms with van der Waals surface area (Å²) in [7, 11) is 3.17. The van der Waals surface area contributed by atoms with E-state index in [9.17, 15) is 0 Å². The van der Waals surface area contributed by atoms with E-state index in [1.807, 2.05) is 31.2 Å². The zero-order valence-corrected chi connectivity index (χ0v) is 9.23. The molecule has 0 amide bonds. The first-order valence-corrected chi connectivity index (χ1v) is 4.78. The zero-order valence-electron chi connectivity index (χ0n) is 9.23. The molecule has 0 saturated heterocycles. The minimum Gasteiger partial charge on any atom is -0.352 e. The molecule has 1 aromatic rings. The van der Waals surface area contributed by atoms with Crippen molar-refractivity contribution in [2.45, 2.75) is 19.1 Å². The standard InChI is InChI=1S/C12H15NO2/c1-9(8-13)10-6-4-5-7-11(10)12(14-2)15-3/h4-7,9,12H,1-3H3. The average Bonchev–Trinajstić information content (AvgIpc) is 2.30. The molecule has 0 aliphatic rings. The maximum absolute atomic E-state index is 8.91. The van der Waals surface area contributed by atoms with Crippen molar-refractivity contribution >= 4 is 0 Å². The molecule has 0 saturated carbocycles. The highest BCUT2D eigenvalue weighted by Crippen LogP contribution is 2.26. The molecular formula is C12H15NO2. The Kier molecular flexibility index (Phi) is 4.29. The lowest BCUT2D eigenvalue weighted by molar-refractivity contribution is -0.106. The molecule has 0 bridgehead atoms. The number of hydrogen-bond acceptors (Lipinski definition) is 3. The summed E-state index contributed by atoms with van der Waals surface area (Å²) in [5.41, 5.74) is 1.87. The fourth-order valence-corrected chi connectivity index (χ4v) is 1.54. The Morgan fingerprint density at radius 2 is 1.67 bits per heavy atom. The van der Waals surface area contributed by atoms with Crippen LogP contribution in [0.15, 0.2) is 24.3 Å². The third kappa shape index (κ3) is 2.56. The molecule has 0 aliphatic heterocycles. The third-order valence-corrected chi connectivity index (χ3v) is 2.34. The van der Waals surface area contributed by atoms with Gasteiger partial charge in [0, 0.05) is 19.8 Å². The van der Waals surface area contributed by atoms with Crippen LogP contribution in [0.1, 0.15) is 30.3 Å². The Hall–Kier alpha value is -1.37. The first kappa shape index (κ1) is 11.7. The predicted octanol–water partition coefficient (Wildman–Crippen LogP) is 2.61. The minimum absolute atomic E-state index is 0.158. The number of nitriles is 1. The molecule has 0 spiro atoms. The summed E-state index contributed by atoms with van der Waals surface area (Å²) in [5, 5.41) is 8.91. The van der Waals surface area contributed by atoms with Gasteiger partial charge in [-0.05, 0) is 12.5 Å². The van der Waals surface area contributed by atoms with Crippen molar-refractivity contribution in [2.75, 3.05) is 14.2 Å². The van der Waals surface area contributed by atoms with E-state index in [-0.39, 0.29) is 5.92 Å². The Balaban J connectivity index is 3.11. The first-order valence-electron chi connectivity index (χ1n) is 4.78. The van der Waals surface area contributed by atoms with Crippen molar-refractivity contribution in [3.63, 3.8) is 0 Å². The second-order valence-electron chi connectivity index (χ2n) is 3.28. The van der Waals surface area contributed by atoms with Gasteiger partial charge in [-0.1, -0.05) is 24.3 Å². The van der Waals surface area contributed by atoms with Gasteiger partial charge in [-0.25, -0.2) is 0 Å². The van der Waals surface area contributed by atoms with Crippen LogP contribution in [-0.4, -0.2) is 14.2 Å². The highest BCUT2D eigenvalue weighted by Gasteiger charge is 2.16.